The maximum atomic E-state index is 8.98. The first-order valence-electron chi connectivity index (χ1n) is 6.37. The van der Waals surface area contributed by atoms with Gasteiger partial charge < -0.3 is 20.1 Å². The second-order valence-corrected chi connectivity index (χ2v) is 5.13. The number of aliphatic hydroxyl groups is 1. The number of methoxy groups -OCH3 is 1. The van der Waals surface area contributed by atoms with Crippen LogP contribution in [0.2, 0.25) is 0 Å². The molecule has 18 heavy (non-hydrogen) atoms. The van der Waals surface area contributed by atoms with Gasteiger partial charge in [-0.3, -0.25) is 0 Å². The molecule has 1 aliphatic rings. The highest BCUT2D eigenvalue weighted by atomic mass is 16.5. The summed E-state index contributed by atoms with van der Waals surface area (Å²) < 4.78 is 10.7. The summed E-state index contributed by atoms with van der Waals surface area (Å²) in [5.74, 6) is 1.53. The number of nitrogens with zero attached hydrogens (tertiary/aromatic N) is 2. The molecule has 1 saturated carbocycles. The molecule has 0 saturated heterocycles. The fraction of sp³-hybridized carbons (Fsp3) is 0.833. The lowest BCUT2D eigenvalue weighted by Crippen LogP contribution is -2.34. The molecule has 6 nitrogen and oxygen atoms in total. The Kier molecular flexibility index (Phi) is 3.99. The van der Waals surface area contributed by atoms with Gasteiger partial charge >= 0.3 is 0 Å². The van der Waals surface area contributed by atoms with E-state index in [9.17, 15) is 0 Å². The molecule has 0 aromatic carbocycles. The van der Waals surface area contributed by atoms with Crippen LogP contribution in [0.3, 0.4) is 0 Å². The first kappa shape index (κ1) is 13.5. The molecule has 0 aliphatic heterocycles. The van der Waals surface area contributed by atoms with Crippen LogP contribution in [-0.4, -0.2) is 29.0 Å². The number of rotatable bonds is 4. The molecule has 1 heterocycles. The Morgan fingerprint density at radius 3 is 2.78 bits per heavy atom. The summed E-state index contributed by atoms with van der Waals surface area (Å²) in [5, 5.41) is 13.0. The minimum absolute atomic E-state index is 0.210. The highest BCUT2D eigenvalue weighted by molar-refractivity contribution is 5.05. The molecule has 102 valence electrons. The summed E-state index contributed by atoms with van der Waals surface area (Å²) in [5.41, 5.74) is 5.20. The normalized spacial score (nSPS) is 30.3. The summed E-state index contributed by atoms with van der Waals surface area (Å²) in [4.78, 5) is 4.28. The van der Waals surface area contributed by atoms with Crippen LogP contribution >= 0.6 is 0 Å². The first-order chi connectivity index (χ1) is 8.61. The van der Waals surface area contributed by atoms with Crippen molar-refractivity contribution in [2.24, 2.45) is 11.7 Å². The second-order valence-electron chi connectivity index (χ2n) is 5.13. The highest BCUT2D eigenvalue weighted by Crippen LogP contribution is 2.40. The monoisotopic (exact) mass is 255 g/mol. The third-order valence-electron chi connectivity index (χ3n) is 3.84. The summed E-state index contributed by atoms with van der Waals surface area (Å²) in [7, 11) is 1.68. The van der Waals surface area contributed by atoms with E-state index in [1.54, 1.807) is 7.11 Å². The van der Waals surface area contributed by atoms with Crippen LogP contribution in [0.15, 0.2) is 4.52 Å². The molecule has 1 aromatic rings. The predicted molar refractivity (Wildman–Crippen MR) is 64.6 cm³/mol. The molecule has 0 spiro atoms. The molecule has 0 radical (unpaired) electrons. The van der Waals surface area contributed by atoms with Crippen molar-refractivity contribution in [2.75, 3.05) is 13.7 Å². The number of aliphatic hydroxyl groups excluding tert-OH is 1. The van der Waals surface area contributed by atoms with Gasteiger partial charge in [0.2, 0.25) is 11.7 Å². The van der Waals surface area contributed by atoms with Crippen molar-refractivity contribution < 1.29 is 14.4 Å². The van der Waals surface area contributed by atoms with Crippen LogP contribution in [0.4, 0.5) is 0 Å². The van der Waals surface area contributed by atoms with Crippen LogP contribution < -0.4 is 5.73 Å². The zero-order valence-corrected chi connectivity index (χ0v) is 10.9. The molecule has 1 aromatic heterocycles. The van der Waals surface area contributed by atoms with Crippen molar-refractivity contribution in [1.29, 1.82) is 0 Å². The van der Waals surface area contributed by atoms with Crippen molar-refractivity contribution in [3.8, 4) is 0 Å². The number of aromatic nitrogens is 2. The second kappa shape index (κ2) is 5.34. The fourth-order valence-electron chi connectivity index (χ4n) is 2.40. The minimum Gasteiger partial charge on any atom is -0.394 e. The van der Waals surface area contributed by atoms with Gasteiger partial charge in [0.05, 0.1) is 6.61 Å². The van der Waals surface area contributed by atoms with E-state index in [4.69, 9.17) is 20.1 Å². The average molecular weight is 255 g/mol. The number of nitrogens with two attached hydrogens (primary N) is 1. The molecule has 1 aliphatic carbocycles. The van der Waals surface area contributed by atoms with E-state index in [0.717, 1.165) is 25.7 Å². The number of ether oxygens (including phenoxy) is 1. The van der Waals surface area contributed by atoms with Crippen molar-refractivity contribution in [2.45, 2.75) is 44.2 Å². The third kappa shape index (κ3) is 2.41. The van der Waals surface area contributed by atoms with Crippen LogP contribution in [0.5, 0.6) is 0 Å². The van der Waals surface area contributed by atoms with Gasteiger partial charge in [0.15, 0.2) is 0 Å². The van der Waals surface area contributed by atoms with Gasteiger partial charge in [-0.2, -0.15) is 4.98 Å². The van der Waals surface area contributed by atoms with E-state index < -0.39 is 11.6 Å². The largest absolute Gasteiger partial charge is 0.394 e. The maximum absolute atomic E-state index is 8.98. The summed E-state index contributed by atoms with van der Waals surface area (Å²) in [6, 6.07) is -0.623. The third-order valence-corrected chi connectivity index (χ3v) is 3.84. The standard InChI is InChI=1S/C12H21N3O3/c1-8-3-5-12(17-2,6-4-8)11-14-10(18-15-11)9(13)7-16/h8-9,16H,3-7,13H2,1-2H3. The molecular formula is C12H21N3O3. The summed E-state index contributed by atoms with van der Waals surface area (Å²) >= 11 is 0. The van der Waals surface area contributed by atoms with Crippen molar-refractivity contribution in [3.05, 3.63) is 11.7 Å². The maximum Gasteiger partial charge on any atom is 0.246 e. The van der Waals surface area contributed by atoms with Gasteiger partial charge in [-0.25, -0.2) is 0 Å². The molecule has 1 unspecified atom stereocenters. The molecular weight excluding hydrogens is 234 g/mol. The van der Waals surface area contributed by atoms with E-state index >= 15 is 0 Å². The van der Waals surface area contributed by atoms with E-state index in [2.05, 4.69) is 17.1 Å². The van der Waals surface area contributed by atoms with Gasteiger partial charge in [0.25, 0.3) is 0 Å². The highest BCUT2D eigenvalue weighted by Gasteiger charge is 2.40. The van der Waals surface area contributed by atoms with Crippen LogP contribution in [0.25, 0.3) is 0 Å². The smallest absolute Gasteiger partial charge is 0.246 e. The van der Waals surface area contributed by atoms with Gasteiger partial charge in [0, 0.05) is 7.11 Å². The van der Waals surface area contributed by atoms with Gasteiger partial charge in [0.1, 0.15) is 11.6 Å². The SMILES string of the molecule is COC1(c2noc(C(N)CO)n2)CCC(C)CC1. The predicted octanol–water partition coefficient (Wildman–Crippen LogP) is 1.11. The van der Waals surface area contributed by atoms with E-state index in [0.29, 0.717) is 11.7 Å². The van der Waals surface area contributed by atoms with Crippen LogP contribution in [0, 0.1) is 5.92 Å². The van der Waals surface area contributed by atoms with E-state index in [1.807, 2.05) is 0 Å². The molecule has 1 atom stereocenters. The Morgan fingerprint density at radius 1 is 1.56 bits per heavy atom. The van der Waals surface area contributed by atoms with Crippen LogP contribution in [-0.2, 0) is 10.3 Å². The molecule has 2 rings (SSSR count). The molecule has 0 amide bonds. The topological polar surface area (TPSA) is 94.4 Å². The zero-order chi connectivity index (χ0) is 13.2. The van der Waals surface area contributed by atoms with Gasteiger partial charge in [-0.1, -0.05) is 12.1 Å². The lowest BCUT2D eigenvalue weighted by atomic mass is 9.79. The van der Waals surface area contributed by atoms with Gasteiger partial charge in [-0.05, 0) is 31.6 Å². The molecule has 1 fully saturated rings. The van der Waals surface area contributed by atoms with Gasteiger partial charge in [-0.15, -0.1) is 0 Å². The Balaban J connectivity index is 2.20. The fourth-order valence-corrected chi connectivity index (χ4v) is 2.40. The Hall–Kier alpha value is -0.980. The summed E-state index contributed by atoms with van der Waals surface area (Å²) in [6.45, 7) is 2.03. The van der Waals surface area contributed by atoms with E-state index in [1.165, 1.54) is 0 Å². The minimum atomic E-state index is -0.623. The Morgan fingerprint density at radius 2 is 2.22 bits per heavy atom. The molecule has 0 bridgehead atoms. The Labute approximate surface area is 107 Å². The lowest BCUT2D eigenvalue weighted by molar-refractivity contribution is -0.0609. The number of hydrogen-bond donors (Lipinski definition) is 2. The van der Waals surface area contributed by atoms with Crippen LogP contribution in [0.1, 0.15) is 50.4 Å². The van der Waals surface area contributed by atoms with Crippen molar-refractivity contribution >= 4 is 0 Å². The Bertz CT molecular complexity index is 386. The quantitative estimate of drug-likeness (QED) is 0.837. The zero-order valence-electron chi connectivity index (χ0n) is 10.9. The lowest BCUT2D eigenvalue weighted by Gasteiger charge is -2.35. The summed E-state index contributed by atoms with van der Waals surface area (Å²) in [6.07, 6.45) is 3.95. The number of hydrogen-bond acceptors (Lipinski definition) is 6. The van der Waals surface area contributed by atoms with Crippen molar-refractivity contribution in [1.82, 2.24) is 10.1 Å². The van der Waals surface area contributed by atoms with E-state index in [-0.39, 0.29) is 12.5 Å². The first-order valence-corrected chi connectivity index (χ1v) is 6.37. The average Bonchev–Trinajstić information content (AvgIpc) is 2.89. The van der Waals surface area contributed by atoms with Crippen molar-refractivity contribution in [3.63, 3.8) is 0 Å². The molecule has 6 heteroatoms. The molecule has 3 N–H and O–H groups in total.